The summed E-state index contributed by atoms with van der Waals surface area (Å²) in [5.74, 6) is -2.05. The van der Waals surface area contributed by atoms with Crippen molar-refractivity contribution in [2.24, 2.45) is 0 Å². The van der Waals surface area contributed by atoms with E-state index in [9.17, 15) is 35.9 Å². The van der Waals surface area contributed by atoms with Gasteiger partial charge in [0.25, 0.3) is 5.91 Å². The first kappa shape index (κ1) is 35.9. The number of benzene rings is 3. The highest BCUT2D eigenvalue weighted by Gasteiger charge is 2.40. The Hall–Kier alpha value is -3.97. The molecule has 1 aliphatic heterocycles. The second-order valence-corrected chi connectivity index (χ2v) is 11.2. The molecule has 7 nitrogen and oxygen atoms in total. The van der Waals surface area contributed by atoms with E-state index in [0.717, 1.165) is 40.6 Å². The third-order valence-electron chi connectivity index (χ3n) is 7.71. The molecule has 3 aromatic carbocycles. The summed E-state index contributed by atoms with van der Waals surface area (Å²) in [4.78, 5) is 28.1. The van der Waals surface area contributed by atoms with Gasteiger partial charge in [-0.05, 0) is 60.9 Å². The molecule has 0 aromatic heterocycles. The number of carbonyl (C=O) groups is 2. The van der Waals surface area contributed by atoms with Crippen molar-refractivity contribution in [3.05, 3.63) is 82.4 Å². The van der Waals surface area contributed by atoms with Gasteiger partial charge in [-0.2, -0.15) is 26.3 Å². The molecule has 0 bridgehead atoms. The molecule has 1 saturated heterocycles. The number of amides is 1. The predicted octanol–water partition coefficient (Wildman–Crippen LogP) is 7.36. The number of nitrogens with one attached hydrogen (secondary N) is 1. The zero-order valence-corrected chi connectivity index (χ0v) is 26.4. The van der Waals surface area contributed by atoms with Crippen LogP contribution in [0.2, 0.25) is 5.02 Å². The van der Waals surface area contributed by atoms with Crippen LogP contribution in [0.5, 0.6) is 5.75 Å². The molecule has 1 amide bonds. The highest BCUT2D eigenvalue weighted by Crippen LogP contribution is 2.36. The minimum absolute atomic E-state index is 0.0172. The Kier molecular flexibility index (Phi) is 11.7. The summed E-state index contributed by atoms with van der Waals surface area (Å²) in [6.07, 6.45) is -9.05. The third kappa shape index (κ3) is 8.89. The van der Waals surface area contributed by atoms with Crippen LogP contribution in [-0.4, -0.2) is 68.4 Å². The average Bonchev–Trinajstić information content (AvgIpc) is 3.03. The van der Waals surface area contributed by atoms with E-state index in [2.05, 4.69) is 15.0 Å². The normalized spacial score (nSPS) is 15.5. The van der Waals surface area contributed by atoms with Gasteiger partial charge in [-0.1, -0.05) is 42.8 Å². The molecule has 1 N–H and O–H groups in total. The number of nitrogens with zero attached hydrogens (tertiary/aromatic N) is 2. The van der Waals surface area contributed by atoms with Gasteiger partial charge in [0.2, 0.25) is 0 Å². The van der Waals surface area contributed by atoms with Gasteiger partial charge in [0.1, 0.15) is 12.4 Å². The van der Waals surface area contributed by atoms with Crippen LogP contribution in [-0.2, 0) is 22.3 Å². The first-order chi connectivity index (χ1) is 22.2. The molecule has 1 heterocycles. The summed E-state index contributed by atoms with van der Waals surface area (Å²) in [5, 5.41) is 2.77. The zero-order valence-electron chi connectivity index (χ0n) is 25.7. The van der Waals surface area contributed by atoms with Gasteiger partial charge in [-0.25, -0.2) is 4.79 Å². The van der Waals surface area contributed by atoms with Crippen LogP contribution in [0.3, 0.4) is 0 Å². The van der Waals surface area contributed by atoms with Crippen LogP contribution in [0, 0.1) is 0 Å². The van der Waals surface area contributed by atoms with Crippen molar-refractivity contribution in [2.45, 2.75) is 45.2 Å². The predicted molar refractivity (Wildman–Crippen MR) is 166 cm³/mol. The summed E-state index contributed by atoms with van der Waals surface area (Å²) in [5.41, 5.74) is 2.36. The molecule has 4 rings (SSSR count). The summed E-state index contributed by atoms with van der Waals surface area (Å²) < 4.78 is 87.0. The quantitative estimate of drug-likeness (QED) is 0.129. The molecule has 1 aliphatic rings. The second-order valence-electron chi connectivity index (χ2n) is 10.8. The van der Waals surface area contributed by atoms with Crippen molar-refractivity contribution >= 4 is 29.2 Å². The fraction of sp³-hybridized carbons (Fsp3) is 0.394. The first-order valence-electron chi connectivity index (χ1n) is 15.0. The summed E-state index contributed by atoms with van der Waals surface area (Å²) in [6.45, 7) is 4.94. The number of esters is 1. The van der Waals surface area contributed by atoms with Crippen LogP contribution in [0.1, 0.15) is 41.8 Å². The maximum atomic E-state index is 13.4. The highest BCUT2D eigenvalue weighted by molar-refractivity contribution is 6.33. The highest BCUT2D eigenvalue weighted by atomic mass is 35.5. The fourth-order valence-corrected chi connectivity index (χ4v) is 5.69. The Morgan fingerprint density at radius 2 is 1.72 bits per heavy atom. The maximum Gasteiger partial charge on any atom is 0.490 e. The molecule has 0 radical (unpaired) electrons. The van der Waals surface area contributed by atoms with E-state index in [-0.39, 0.29) is 42.8 Å². The van der Waals surface area contributed by atoms with Crippen molar-refractivity contribution < 1.29 is 45.4 Å². The summed E-state index contributed by atoms with van der Waals surface area (Å²) in [6, 6.07) is 15.8. The van der Waals surface area contributed by atoms with Crippen molar-refractivity contribution in [1.29, 1.82) is 0 Å². The van der Waals surface area contributed by atoms with Crippen LogP contribution < -0.4 is 15.0 Å². The van der Waals surface area contributed by atoms with E-state index in [0.29, 0.717) is 25.3 Å². The van der Waals surface area contributed by atoms with Crippen LogP contribution in [0.15, 0.2) is 60.7 Å². The van der Waals surface area contributed by atoms with Gasteiger partial charge < -0.3 is 24.6 Å². The Balaban J connectivity index is 1.57. The Bertz CT molecular complexity index is 1570. The molecule has 1 atom stereocenters. The van der Waals surface area contributed by atoms with E-state index in [4.69, 9.17) is 16.3 Å². The molecule has 3 aromatic rings. The van der Waals surface area contributed by atoms with Gasteiger partial charge in [0, 0.05) is 50.0 Å². The van der Waals surface area contributed by atoms with Crippen LogP contribution in [0.4, 0.5) is 32.0 Å². The number of carbonyl (C=O) groups excluding carboxylic acids is 2. The lowest BCUT2D eigenvalue weighted by Crippen LogP contribution is -2.55. The van der Waals surface area contributed by atoms with Gasteiger partial charge in [0.15, 0.2) is 0 Å². The number of rotatable bonds is 11. The van der Waals surface area contributed by atoms with Crippen molar-refractivity contribution in [1.82, 2.24) is 10.2 Å². The van der Waals surface area contributed by atoms with Crippen molar-refractivity contribution in [3.8, 4) is 16.9 Å². The minimum atomic E-state index is -5.08. The van der Waals surface area contributed by atoms with E-state index in [1.807, 2.05) is 56.3 Å². The van der Waals surface area contributed by atoms with Gasteiger partial charge in [0.05, 0.1) is 22.8 Å². The number of hydrogen-bond donors (Lipinski definition) is 1. The number of alkyl halides is 6. The van der Waals surface area contributed by atoms with Crippen molar-refractivity contribution in [2.75, 3.05) is 44.3 Å². The Morgan fingerprint density at radius 3 is 2.38 bits per heavy atom. The summed E-state index contributed by atoms with van der Waals surface area (Å²) in [7, 11) is 0. The topological polar surface area (TPSA) is 71.1 Å². The van der Waals surface area contributed by atoms with E-state index in [1.165, 1.54) is 0 Å². The number of hydrogen-bond acceptors (Lipinski definition) is 6. The fourth-order valence-electron chi connectivity index (χ4n) is 5.42. The lowest BCUT2D eigenvalue weighted by atomic mass is 9.98. The van der Waals surface area contributed by atoms with Crippen molar-refractivity contribution in [3.63, 3.8) is 0 Å². The number of anilines is 1. The second kappa shape index (κ2) is 15.3. The van der Waals surface area contributed by atoms with Crippen LogP contribution in [0.25, 0.3) is 11.1 Å². The van der Waals surface area contributed by atoms with E-state index < -0.39 is 36.4 Å². The molecule has 254 valence electrons. The summed E-state index contributed by atoms with van der Waals surface area (Å²) >= 11 is 6.11. The number of para-hydroxylation sites is 1. The molecule has 0 spiro atoms. The molecular formula is C33H34ClF6N3O4. The van der Waals surface area contributed by atoms with Crippen LogP contribution >= 0.6 is 11.6 Å². The van der Waals surface area contributed by atoms with Gasteiger partial charge >= 0.3 is 18.3 Å². The van der Waals surface area contributed by atoms with E-state index >= 15 is 0 Å². The molecule has 14 heteroatoms. The van der Waals surface area contributed by atoms with Gasteiger partial charge in [-0.3, -0.25) is 4.79 Å². The van der Waals surface area contributed by atoms with E-state index in [1.54, 1.807) is 4.90 Å². The standard InChI is InChI=1S/C33H34ClF6N3O4/c1-3-24-20-42(30(44)26-11-10-23(18-27(26)34)32(35,36)37)14-15-43(24)28-12-9-21(25-7-5-6-8-29(25)46-4-2)17-22(28)19-41-13-16-47-31(45)33(38,39)40/h5-12,17-18,24,41H,3-4,13-16,19-20H2,1-2H3/t24-/m1/s1. The number of halogens is 7. The number of piperazine rings is 1. The smallest absolute Gasteiger partial charge is 0.490 e. The number of ether oxygens (including phenoxy) is 2. The molecule has 0 aliphatic carbocycles. The first-order valence-corrected chi connectivity index (χ1v) is 15.3. The molecule has 1 fully saturated rings. The minimum Gasteiger partial charge on any atom is -0.493 e. The molecule has 0 unspecified atom stereocenters. The average molecular weight is 686 g/mol. The zero-order chi connectivity index (χ0) is 34.4. The maximum absolute atomic E-state index is 13.4. The molecular weight excluding hydrogens is 652 g/mol. The van der Waals surface area contributed by atoms with Gasteiger partial charge in [-0.15, -0.1) is 0 Å². The Morgan fingerprint density at radius 1 is 0.979 bits per heavy atom. The third-order valence-corrected chi connectivity index (χ3v) is 8.03. The monoisotopic (exact) mass is 685 g/mol. The lowest BCUT2D eigenvalue weighted by Gasteiger charge is -2.43. The molecule has 0 saturated carbocycles. The Labute approximate surface area is 273 Å². The largest absolute Gasteiger partial charge is 0.493 e. The SMILES string of the molecule is CCOc1ccccc1-c1ccc(N2CCN(C(=O)c3ccc(C(F)(F)F)cc3Cl)C[C@H]2CC)c(CNCCOC(=O)C(F)(F)F)c1. The lowest BCUT2D eigenvalue weighted by molar-refractivity contribution is -0.199. The molecule has 47 heavy (non-hydrogen) atoms.